The normalized spacial score (nSPS) is 12.2. The van der Waals surface area contributed by atoms with Crippen molar-refractivity contribution in [2.75, 3.05) is 12.4 Å². The van der Waals surface area contributed by atoms with Crippen LogP contribution >= 0.6 is 11.8 Å². The van der Waals surface area contributed by atoms with E-state index in [1.165, 1.54) is 12.1 Å². The number of hydrogen-bond donors (Lipinski definition) is 0. The van der Waals surface area contributed by atoms with E-state index in [2.05, 4.69) is 0 Å². The largest absolute Gasteiger partial charge is 0.455 e. The molecule has 136 valence electrons. The van der Waals surface area contributed by atoms with Crippen LogP contribution in [0.25, 0.3) is 0 Å². The van der Waals surface area contributed by atoms with E-state index < -0.39 is 22.2 Å². The number of benzene rings is 2. The Balaban J connectivity index is 2.04. The lowest BCUT2D eigenvalue weighted by Crippen LogP contribution is -2.27. The number of ether oxygens (including phenoxy) is 1. The summed E-state index contributed by atoms with van der Waals surface area (Å²) in [4.78, 5) is 12.1. The van der Waals surface area contributed by atoms with Gasteiger partial charge in [0.2, 0.25) is 0 Å². The third kappa shape index (κ3) is 5.88. The molecule has 0 N–H and O–H groups in total. The Morgan fingerprint density at radius 1 is 1.15 bits per heavy atom. The number of nitrogens with zero attached hydrogens (tertiary/aromatic N) is 1. The number of carbonyl (C=O) groups is 1. The first-order chi connectivity index (χ1) is 12.4. The highest BCUT2D eigenvalue weighted by atomic mass is 32.2. The summed E-state index contributed by atoms with van der Waals surface area (Å²) >= 11 is 0.855. The molecule has 1 unspecified atom stereocenters. The van der Waals surface area contributed by atoms with Gasteiger partial charge in [-0.1, -0.05) is 35.9 Å². The van der Waals surface area contributed by atoms with Crippen molar-refractivity contribution in [3.8, 4) is 5.40 Å². The summed E-state index contributed by atoms with van der Waals surface area (Å²) in [5.74, 6) is -0.510. The minimum Gasteiger partial charge on any atom is -0.455 e. The Labute approximate surface area is 156 Å². The first-order valence-electron chi connectivity index (χ1n) is 7.65. The summed E-state index contributed by atoms with van der Waals surface area (Å²) in [7, 11) is -3.98. The van der Waals surface area contributed by atoms with Gasteiger partial charge in [0.05, 0.1) is 10.5 Å². The third-order valence-corrected chi connectivity index (χ3v) is 5.30. The van der Waals surface area contributed by atoms with E-state index in [0.29, 0.717) is 5.56 Å². The Bertz CT molecular complexity index is 874. The number of thioether (sulfide) groups is 1. The molecule has 0 aromatic heterocycles. The molecule has 2 aromatic carbocycles. The number of carbonyl (C=O) groups excluding carboxylic acids is 1. The molecule has 2 aromatic rings. The molecule has 0 heterocycles. The van der Waals surface area contributed by atoms with Crippen molar-refractivity contribution in [1.29, 1.82) is 5.26 Å². The Morgan fingerprint density at radius 3 is 2.42 bits per heavy atom. The molecule has 0 saturated heterocycles. The number of nitriles is 1. The van der Waals surface area contributed by atoms with E-state index in [9.17, 15) is 13.2 Å². The number of aryl methyl sites for hydroxylation is 1. The fraction of sp³-hybridized carbons (Fsp3) is 0.222. The van der Waals surface area contributed by atoms with Crippen LogP contribution < -0.4 is 0 Å². The van der Waals surface area contributed by atoms with Crippen LogP contribution in [-0.4, -0.2) is 32.9 Å². The number of rotatable bonds is 8. The number of esters is 1. The van der Waals surface area contributed by atoms with Crippen LogP contribution in [0.1, 0.15) is 15.9 Å². The van der Waals surface area contributed by atoms with E-state index >= 15 is 0 Å². The van der Waals surface area contributed by atoms with E-state index in [4.69, 9.17) is 14.2 Å². The van der Waals surface area contributed by atoms with Crippen LogP contribution in [0.2, 0.25) is 0 Å². The molecule has 6 nitrogen and oxygen atoms in total. The second-order valence-corrected chi connectivity index (χ2v) is 7.77. The molecule has 1 atom stereocenters. The van der Waals surface area contributed by atoms with Crippen LogP contribution in [-0.2, 0) is 19.0 Å². The van der Waals surface area contributed by atoms with Crippen molar-refractivity contribution in [3.05, 3.63) is 65.7 Å². The van der Waals surface area contributed by atoms with Crippen molar-refractivity contribution in [2.45, 2.75) is 17.9 Å². The van der Waals surface area contributed by atoms with Gasteiger partial charge in [0.1, 0.15) is 18.1 Å². The summed E-state index contributed by atoms with van der Waals surface area (Å²) in [6, 6.07) is 14.5. The second kappa shape index (κ2) is 9.38. The molecule has 0 amide bonds. The van der Waals surface area contributed by atoms with Gasteiger partial charge in [-0.15, -0.1) is 0 Å². The summed E-state index contributed by atoms with van der Waals surface area (Å²) < 4.78 is 34.8. The molecule has 0 aliphatic carbocycles. The molecule has 0 aliphatic rings. The van der Waals surface area contributed by atoms with Crippen LogP contribution in [0, 0.1) is 17.6 Å². The first kappa shape index (κ1) is 20.0. The SMILES string of the molecule is Cc1ccc(S(=O)(=O)OCC(CSC#N)OC(=O)c2ccccc2)cc1. The highest BCUT2D eigenvalue weighted by molar-refractivity contribution is 8.03. The minimum atomic E-state index is -3.98. The van der Waals surface area contributed by atoms with E-state index in [1.54, 1.807) is 42.5 Å². The smallest absolute Gasteiger partial charge is 0.338 e. The lowest BCUT2D eigenvalue weighted by molar-refractivity contribution is 0.0247. The Hall–Kier alpha value is -2.34. The zero-order chi connectivity index (χ0) is 19.0. The van der Waals surface area contributed by atoms with Gasteiger partial charge >= 0.3 is 5.97 Å². The topological polar surface area (TPSA) is 93.5 Å². The molecule has 0 radical (unpaired) electrons. The molecule has 0 saturated carbocycles. The minimum absolute atomic E-state index is 0.0178. The predicted octanol–water partition coefficient (Wildman–Crippen LogP) is 3.14. The van der Waals surface area contributed by atoms with Gasteiger partial charge in [0.15, 0.2) is 0 Å². The summed E-state index contributed by atoms with van der Waals surface area (Å²) in [5.41, 5.74) is 1.25. The maximum atomic E-state index is 12.2. The van der Waals surface area contributed by atoms with E-state index in [-0.39, 0.29) is 17.3 Å². The van der Waals surface area contributed by atoms with Crippen LogP contribution in [0.15, 0.2) is 59.5 Å². The summed E-state index contributed by atoms with van der Waals surface area (Å²) in [6.07, 6.45) is -0.882. The molecule has 26 heavy (non-hydrogen) atoms. The van der Waals surface area contributed by atoms with E-state index in [0.717, 1.165) is 17.3 Å². The maximum Gasteiger partial charge on any atom is 0.338 e. The lowest BCUT2D eigenvalue weighted by atomic mass is 10.2. The molecular weight excluding hydrogens is 374 g/mol. The predicted molar refractivity (Wildman–Crippen MR) is 98.0 cm³/mol. The van der Waals surface area contributed by atoms with Crippen LogP contribution in [0.3, 0.4) is 0 Å². The molecule has 0 bridgehead atoms. The fourth-order valence-electron chi connectivity index (χ4n) is 1.98. The molecule has 8 heteroatoms. The number of hydrogen-bond acceptors (Lipinski definition) is 7. The lowest BCUT2D eigenvalue weighted by Gasteiger charge is -2.16. The van der Waals surface area contributed by atoms with Crippen molar-refractivity contribution in [1.82, 2.24) is 0 Å². The average Bonchev–Trinajstić information content (AvgIpc) is 2.65. The highest BCUT2D eigenvalue weighted by Gasteiger charge is 2.22. The monoisotopic (exact) mass is 391 g/mol. The first-order valence-corrected chi connectivity index (χ1v) is 10.0. The van der Waals surface area contributed by atoms with Crippen molar-refractivity contribution < 1.29 is 22.1 Å². The van der Waals surface area contributed by atoms with Gasteiger partial charge in [-0.2, -0.15) is 13.7 Å². The van der Waals surface area contributed by atoms with Gasteiger partial charge in [-0.25, -0.2) is 4.79 Å². The van der Waals surface area contributed by atoms with Gasteiger partial charge in [0.25, 0.3) is 10.1 Å². The van der Waals surface area contributed by atoms with Gasteiger partial charge in [-0.3, -0.25) is 4.18 Å². The standard InChI is InChI=1S/C18H17NO5S2/c1-14-7-9-17(10-8-14)26(21,22)23-11-16(12-25-13-19)24-18(20)15-5-3-2-4-6-15/h2-10,16H,11-12H2,1H3. The van der Waals surface area contributed by atoms with Crippen molar-refractivity contribution in [3.63, 3.8) is 0 Å². The van der Waals surface area contributed by atoms with Crippen LogP contribution in [0.5, 0.6) is 0 Å². The van der Waals surface area contributed by atoms with E-state index in [1.807, 2.05) is 12.3 Å². The molecule has 2 rings (SSSR count). The zero-order valence-electron chi connectivity index (χ0n) is 14.0. The van der Waals surface area contributed by atoms with Crippen molar-refractivity contribution in [2.24, 2.45) is 0 Å². The zero-order valence-corrected chi connectivity index (χ0v) is 15.6. The second-order valence-electron chi connectivity index (χ2n) is 5.35. The Morgan fingerprint density at radius 2 is 1.81 bits per heavy atom. The molecule has 0 aliphatic heterocycles. The van der Waals surface area contributed by atoms with Gasteiger partial charge in [0, 0.05) is 5.75 Å². The third-order valence-electron chi connectivity index (χ3n) is 3.34. The Kier molecular flexibility index (Phi) is 7.21. The van der Waals surface area contributed by atoms with Crippen LogP contribution in [0.4, 0.5) is 0 Å². The highest BCUT2D eigenvalue weighted by Crippen LogP contribution is 2.16. The molecule has 0 spiro atoms. The molecule has 0 fully saturated rings. The van der Waals surface area contributed by atoms with Crippen molar-refractivity contribution >= 4 is 27.8 Å². The van der Waals surface area contributed by atoms with Gasteiger partial charge in [-0.05, 0) is 43.0 Å². The maximum absolute atomic E-state index is 12.2. The average molecular weight is 391 g/mol. The summed E-state index contributed by atoms with van der Waals surface area (Å²) in [6.45, 7) is 1.47. The fourth-order valence-corrected chi connectivity index (χ4v) is 3.34. The van der Waals surface area contributed by atoms with Gasteiger partial charge < -0.3 is 4.74 Å². The summed E-state index contributed by atoms with van der Waals surface area (Å²) in [5, 5.41) is 10.6. The number of thiocyanates is 1. The molecular formula is C18H17NO5S2. The quantitative estimate of drug-likeness (QED) is 0.388.